The van der Waals surface area contributed by atoms with Gasteiger partial charge >= 0.3 is 0 Å². The predicted octanol–water partition coefficient (Wildman–Crippen LogP) is 2.90. The Bertz CT molecular complexity index is 408. The minimum Gasteiger partial charge on any atom is -0.292 e. The topological polar surface area (TPSA) is 132 Å². The lowest BCUT2D eigenvalue weighted by atomic mass is 10.2. The van der Waals surface area contributed by atoms with Gasteiger partial charge in [0.15, 0.2) is 0 Å². The fourth-order valence-corrected chi connectivity index (χ4v) is 1.12. The molecule has 0 rings (SSSR count). The molecule has 2 atom stereocenters. The molecule has 0 aromatic rings. The van der Waals surface area contributed by atoms with E-state index in [1.807, 2.05) is 0 Å². The molecule has 0 saturated carbocycles. The Balaban J connectivity index is 4.71. The first kappa shape index (κ1) is 17.8. The molecular formula is C11H19N7O2. The van der Waals surface area contributed by atoms with Gasteiger partial charge in [-0.1, -0.05) is 15.5 Å². The highest BCUT2D eigenvalue weighted by Crippen LogP contribution is 2.01. The molecule has 0 N–H and O–H groups in total. The molecule has 0 aromatic carbocycles. The molecule has 0 amide bonds. The van der Waals surface area contributed by atoms with Gasteiger partial charge < -0.3 is 0 Å². The summed E-state index contributed by atoms with van der Waals surface area (Å²) in [4.78, 5) is 31.8. The van der Waals surface area contributed by atoms with Crippen LogP contribution in [0.2, 0.25) is 0 Å². The van der Waals surface area contributed by atoms with Gasteiger partial charge in [0.05, 0.1) is 6.04 Å². The van der Waals surface area contributed by atoms with E-state index in [9.17, 15) is 9.81 Å². The van der Waals surface area contributed by atoms with Crippen molar-refractivity contribution in [1.82, 2.24) is 0 Å². The number of hydrogen-bond acceptors (Lipinski definition) is 7. The molecule has 0 saturated heterocycles. The first-order valence-corrected chi connectivity index (χ1v) is 6.17. The van der Waals surface area contributed by atoms with E-state index in [0.29, 0.717) is 11.4 Å². The third kappa shape index (κ3) is 6.69. The van der Waals surface area contributed by atoms with Crippen LogP contribution in [0.5, 0.6) is 0 Å². The number of azide groups is 1. The van der Waals surface area contributed by atoms with E-state index in [0.717, 1.165) is 0 Å². The van der Waals surface area contributed by atoms with Crippen molar-refractivity contribution < 1.29 is 0 Å². The molecule has 0 aliphatic carbocycles. The van der Waals surface area contributed by atoms with E-state index < -0.39 is 18.1 Å². The van der Waals surface area contributed by atoms with Gasteiger partial charge in [-0.05, 0) is 33.2 Å². The van der Waals surface area contributed by atoms with Crippen LogP contribution in [-0.2, 0) is 0 Å². The molecule has 110 valence electrons. The standard InChI is InChI=1S/C11H19N7O2/c1-7(9(3)16-19)13-5-11(15-18-12)6-14-8(2)10(4)17-20/h9-11H,5-6H2,1-4H3. The molecule has 9 heteroatoms. The van der Waals surface area contributed by atoms with Gasteiger partial charge in [0.25, 0.3) is 0 Å². The Morgan fingerprint density at radius 2 is 1.40 bits per heavy atom. The van der Waals surface area contributed by atoms with Crippen LogP contribution < -0.4 is 0 Å². The summed E-state index contributed by atoms with van der Waals surface area (Å²) in [5.74, 6) is 0. The number of nitroso groups, excluding NO2 is 2. The molecule has 0 aliphatic rings. The second-order valence-corrected chi connectivity index (χ2v) is 4.39. The van der Waals surface area contributed by atoms with Gasteiger partial charge in [0.1, 0.15) is 12.1 Å². The molecular weight excluding hydrogens is 262 g/mol. The molecule has 0 bridgehead atoms. The summed E-state index contributed by atoms with van der Waals surface area (Å²) in [5.41, 5.74) is 9.64. The van der Waals surface area contributed by atoms with E-state index in [2.05, 4.69) is 30.4 Å². The molecule has 0 radical (unpaired) electrons. The minimum atomic E-state index is -0.508. The Hall–Kier alpha value is -2.15. The smallest absolute Gasteiger partial charge is 0.126 e. The summed E-state index contributed by atoms with van der Waals surface area (Å²) in [7, 11) is 0. The molecule has 0 heterocycles. The average molecular weight is 281 g/mol. The van der Waals surface area contributed by atoms with Crippen LogP contribution in [0.15, 0.2) is 25.5 Å². The van der Waals surface area contributed by atoms with Crippen LogP contribution >= 0.6 is 0 Å². The SMILES string of the molecule is CC(=NCC(CN=C(C)C(C)N=O)N=[N+]=[N-])C(C)N=O. The first-order valence-electron chi connectivity index (χ1n) is 6.17. The lowest BCUT2D eigenvalue weighted by Crippen LogP contribution is -2.19. The zero-order chi connectivity index (χ0) is 15.5. The molecule has 0 aromatic heterocycles. The fraction of sp³-hybridized carbons (Fsp3) is 0.818. The number of aliphatic imine (C=N–C) groups is 2. The van der Waals surface area contributed by atoms with Crippen molar-refractivity contribution in [3.8, 4) is 0 Å². The van der Waals surface area contributed by atoms with Gasteiger partial charge in [-0.2, -0.15) is 9.81 Å². The van der Waals surface area contributed by atoms with E-state index in [1.54, 1.807) is 27.7 Å². The average Bonchev–Trinajstić information content (AvgIpc) is 2.47. The maximum atomic E-state index is 10.4. The van der Waals surface area contributed by atoms with Crippen LogP contribution in [0.1, 0.15) is 27.7 Å². The summed E-state index contributed by atoms with van der Waals surface area (Å²) in [6.45, 7) is 7.07. The minimum absolute atomic E-state index is 0.218. The zero-order valence-corrected chi connectivity index (χ0v) is 12.1. The second-order valence-electron chi connectivity index (χ2n) is 4.39. The lowest BCUT2D eigenvalue weighted by Gasteiger charge is -2.08. The summed E-state index contributed by atoms with van der Waals surface area (Å²) in [5, 5.41) is 9.31. The molecule has 0 aliphatic heterocycles. The Labute approximate surface area is 117 Å². The fourth-order valence-electron chi connectivity index (χ4n) is 1.12. The van der Waals surface area contributed by atoms with Crippen LogP contribution in [0.4, 0.5) is 0 Å². The van der Waals surface area contributed by atoms with Crippen LogP contribution in [0.25, 0.3) is 10.4 Å². The summed E-state index contributed by atoms with van der Waals surface area (Å²) in [6.07, 6.45) is 0. The zero-order valence-electron chi connectivity index (χ0n) is 12.1. The Morgan fingerprint density at radius 1 is 1.00 bits per heavy atom. The van der Waals surface area contributed by atoms with E-state index in [1.165, 1.54) is 0 Å². The predicted molar refractivity (Wildman–Crippen MR) is 79.4 cm³/mol. The van der Waals surface area contributed by atoms with Crippen molar-refractivity contribution in [2.24, 2.45) is 25.5 Å². The molecule has 20 heavy (non-hydrogen) atoms. The van der Waals surface area contributed by atoms with Gasteiger partial charge in [0.2, 0.25) is 0 Å². The maximum Gasteiger partial charge on any atom is 0.126 e. The normalized spacial score (nSPS) is 16.8. The van der Waals surface area contributed by atoms with Crippen LogP contribution in [-0.4, -0.2) is 42.6 Å². The van der Waals surface area contributed by atoms with Gasteiger partial charge in [-0.25, -0.2) is 0 Å². The largest absolute Gasteiger partial charge is 0.292 e. The third-order valence-corrected chi connectivity index (χ3v) is 2.84. The summed E-state index contributed by atoms with van der Waals surface area (Å²) in [6, 6.07) is -1.49. The van der Waals surface area contributed by atoms with Crippen LogP contribution in [0.3, 0.4) is 0 Å². The van der Waals surface area contributed by atoms with Crippen molar-refractivity contribution in [3.63, 3.8) is 0 Å². The lowest BCUT2D eigenvalue weighted by molar-refractivity contribution is 0.683. The Kier molecular flexibility index (Phi) is 8.69. The summed E-state index contributed by atoms with van der Waals surface area (Å²) >= 11 is 0. The van der Waals surface area contributed by atoms with Gasteiger partial charge in [-0.15, -0.1) is 0 Å². The van der Waals surface area contributed by atoms with Crippen molar-refractivity contribution in [2.75, 3.05) is 13.1 Å². The monoisotopic (exact) mass is 281 g/mol. The van der Waals surface area contributed by atoms with Crippen molar-refractivity contribution in [3.05, 3.63) is 20.3 Å². The summed E-state index contributed by atoms with van der Waals surface area (Å²) < 4.78 is 0. The van der Waals surface area contributed by atoms with E-state index >= 15 is 0 Å². The third-order valence-electron chi connectivity index (χ3n) is 2.84. The quantitative estimate of drug-likeness (QED) is 0.211. The number of hydrogen-bond donors (Lipinski definition) is 0. The molecule has 2 unspecified atom stereocenters. The number of rotatable bonds is 9. The van der Waals surface area contributed by atoms with Gasteiger partial charge in [-0.3, -0.25) is 9.98 Å². The van der Waals surface area contributed by atoms with E-state index in [4.69, 9.17) is 5.53 Å². The van der Waals surface area contributed by atoms with Gasteiger partial charge in [0, 0.05) is 29.4 Å². The van der Waals surface area contributed by atoms with Crippen LogP contribution in [0, 0.1) is 9.81 Å². The highest BCUT2D eigenvalue weighted by atomic mass is 16.3. The number of nitrogens with zero attached hydrogens (tertiary/aromatic N) is 7. The molecule has 0 spiro atoms. The molecule has 0 fully saturated rings. The van der Waals surface area contributed by atoms with Crippen molar-refractivity contribution in [2.45, 2.75) is 45.8 Å². The first-order chi connectivity index (χ1) is 9.46. The van der Waals surface area contributed by atoms with Crippen molar-refractivity contribution in [1.29, 1.82) is 0 Å². The Morgan fingerprint density at radius 3 is 1.70 bits per heavy atom. The second kappa shape index (κ2) is 9.74. The highest BCUT2D eigenvalue weighted by molar-refractivity contribution is 5.87. The molecule has 9 nitrogen and oxygen atoms in total. The highest BCUT2D eigenvalue weighted by Gasteiger charge is 2.10. The van der Waals surface area contributed by atoms with E-state index in [-0.39, 0.29) is 13.1 Å². The van der Waals surface area contributed by atoms with Crippen molar-refractivity contribution >= 4 is 11.4 Å². The maximum absolute atomic E-state index is 10.4.